The monoisotopic (exact) mass is 256 g/mol. The third kappa shape index (κ3) is 4.02. The Kier molecular flexibility index (Phi) is 4.21. The second-order valence-corrected chi connectivity index (χ2v) is 4.01. The Labute approximate surface area is 96.1 Å². The molecule has 0 aliphatic rings. The van der Waals surface area contributed by atoms with Crippen LogP contribution < -0.4 is 0 Å². The molecule has 0 fully saturated rings. The largest absolute Gasteiger partial charge is 0.411 e. The van der Waals surface area contributed by atoms with Crippen molar-refractivity contribution in [1.29, 1.82) is 0 Å². The van der Waals surface area contributed by atoms with Crippen LogP contribution >= 0.6 is 11.6 Å². The lowest BCUT2D eigenvalue weighted by molar-refractivity contribution is -0.176. The van der Waals surface area contributed by atoms with E-state index in [-0.39, 0.29) is 12.6 Å². The number of nitrogens with zero attached hydrogens (tertiary/aromatic N) is 2. The van der Waals surface area contributed by atoms with Crippen molar-refractivity contribution in [3.8, 4) is 0 Å². The highest BCUT2D eigenvalue weighted by Gasteiger charge is 2.27. The van der Waals surface area contributed by atoms with Crippen LogP contribution in [-0.4, -0.2) is 22.6 Å². The molecule has 1 aromatic rings. The molecule has 0 aliphatic carbocycles. The molecule has 1 heterocycles. The summed E-state index contributed by atoms with van der Waals surface area (Å²) in [4.78, 5) is 0. The maximum atomic E-state index is 11.8. The van der Waals surface area contributed by atoms with Gasteiger partial charge in [0.05, 0.1) is 11.6 Å². The van der Waals surface area contributed by atoms with E-state index in [1.807, 2.05) is 13.8 Å². The molecule has 0 atom stereocenters. The summed E-state index contributed by atoms with van der Waals surface area (Å²) in [5.74, 6) is 0. The second kappa shape index (κ2) is 5.05. The van der Waals surface area contributed by atoms with Gasteiger partial charge >= 0.3 is 6.18 Å². The highest BCUT2D eigenvalue weighted by Crippen LogP contribution is 2.19. The lowest BCUT2D eigenvalue weighted by atomic mass is 10.4. The van der Waals surface area contributed by atoms with Crippen LogP contribution in [0.2, 0.25) is 5.02 Å². The number of halogens is 4. The highest BCUT2D eigenvalue weighted by molar-refractivity contribution is 6.31. The van der Waals surface area contributed by atoms with E-state index in [1.165, 1.54) is 0 Å². The standard InChI is InChI=1S/C9H12ClF3N2O/c1-6(2)15-3-7(10)8(14-15)4-16-5-9(11,12)13/h3,6H,4-5H2,1-2H3. The Morgan fingerprint density at radius 3 is 2.56 bits per heavy atom. The average molecular weight is 257 g/mol. The van der Waals surface area contributed by atoms with Crippen LogP contribution in [0.4, 0.5) is 13.2 Å². The molecule has 0 amide bonds. The maximum Gasteiger partial charge on any atom is 0.411 e. The van der Waals surface area contributed by atoms with Crippen molar-refractivity contribution in [2.24, 2.45) is 0 Å². The van der Waals surface area contributed by atoms with Gasteiger partial charge in [-0.25, -0.2) is 0 Å². The van der Waals surface area contributed by atoms with Gasteiger partial charge in [0, 0.05) is 12.2 Å². The van der Waals surface area contributed by atoms with E-state index in [0.717, 1.165) is 0 Å². The summed E-state index contributed by atoms with van der Waals surface area (Å²) < 4.78 is 41.5. The van der Waals surface area contributed by atoms with Crippen LogP contribution in [0.25, 0.3) is 0 Å². The highest BCUT2D eigenvalue weighted by atomic mass is 35.5. The number of ether oxygens (including phenoxy) is 1. The number of aromatic nitrogens is 2. The summed E-state index contributed by atoms with van der Waals surface area (Å²) in [6, 6.07) is 0.105. The number of hydrogen-bond acceptors (Lipinski definition) is 2. The van der Waals surface area contributed by atoms with Gasteiger partial charge < -0.3 is 4.74 Å². The zero-order chi connectivity index (χ0) is 12.3. The summed E-state index contributed by atoms with van der Waals surface area (Å²) in [5, 5.41) is 4.34. The van der Waals surface area contributed by atoms with E-state index in [4.69, 9.17) is 11.6 Å². The molecule has 0 bridgehead atoms. The fourth-order valence-corrected chi connectivity index (χ4v) is 1.22. The summed E-state index contributed by atoms with van der Waals surface area (Å²) in [5.41, 5.74) is 0.319. The van der Waals surface area contributed by atoms with Crippen LogP contribution in [0.5, 0.6) is 0 Å². The van der Waals surface area contributed by atoms with E-state index >= 15 is 0 Å². The topological polar surface area (TPSA) is 27.1 Å². The van der Waals surface area contributed by atoms with Gasteiger partial charge in [-0.05, 0) is 13.8 Å². The number of hydrogen-bond donors (Lipinski definition) is 0. The maximum absolute atomic E-state index is 11.8. The molecule has 0 saturated carbocycles. The number of rotatable bonds is 4. The van der Waals surface area contributed by atoms with Crippen LogP contribution in [-0.2, 0) is 11.3 Å². The Hall–Kier alpha value is -0.750. The Morgan fingerprint density at radius 2 is 2.12 bits per heavy atom. The van der Waals surface area contributed by atoms with Crippen LogP contribution in [0.15, 0.2) is 6.20 Å². The minimum Gasteiger partial charge on any atom is -0.366 e. The molecular formula is C9H12ClF3N2O. The minimum atomic E-state index is -4.33. The van der Waals surface area contributed by atoms with Gasteiger partial charge in [-0.15, -0.1) is 0 Å². The predicted molar refractivity (Wildman–Crippen MR) is 53.3 cm³/mol. The smallest absolute Gasteiger partial charge is 0.366 e. The minimum absolute atomic E-state index is 0.105. The van der Waals surface area contributed by atoms with Crippen molar-refractivity contribution < 1.29 is 17.9 Å². The van der Waals surface area contributed by atoms with E-state index in [9.17, 15) is 13.2 Å². The molecule has 0 aromatic carbocycles. The molecule has 1 rings (SSSR count). The molecule has 0 N–H and O–H groups in total. The van der Waals surface area contributed by atoms with E-state index in [0.29, 0.717) is 10.7 Å². The third-order valence-corrected chi connectivity index (χ3v) is 2.11. The van der Waals surface area contributed by atoms with Crippen molar-refractivity contribution in [3.63, 3.8) is 0 Å². The van der Waals surface area contributed by atoms with Crippen molar-refractivity contribution >= 4 is 11.6 Å². The summed E-state index contributed by atoms with van der Waals surface area (Å²) >= 11 is 5.79. The zero-order valence-corrected chi connectivity index (χ0v) is 9.64. The Balaban J connectivity index is 2.54. The van der Waals surface area contributed by atoms with Crippen molar-refractivity contribution in [2.75, 3.05) is 6.61 Å². The van der Waals surface area contributed by atoms with Gasteiger partial charge in [0.2, 0.25) is 0 Å². The molecule has 3 nitrogen and oxygen atoms in total. The van der Waals surface area contributed by atoms with Crippen LogP contribution in [0, 0.1) is 0 Å². The van der Waals surface area contributed by atoms with Gasteiger partial charge in [-0.2, -0.15) is 18.3 Å². The van der Waals surface area contributed by atoms with Crippen LogP contribution in [0.3, 0.4) is 0 Å². The fraction of sp³-hybridized carbons (Fsp3) is 0.667. The lowest BCUT2D eigenvalue weighted by Gasteiger charge is -2.06. The first kappa shape index (κ1) is 13.3. The van der Waals surface area contributed by atoms with Gasteiger partial charge in [0.25, 0.3) is 0 Å². The van der Waals surface area contributed by atoms with Crippen molar-refractivity contribution in [1.82, 2.24) is 9.78 Å². The lowest BCUT2D eigenvalue weighted by Crippen LogP contribution is -2.17. The first-order valence-electron chi connectivity index (χ1n) is 4.67. The fourth-order valence-electron chi connectivity index (χ4n) is 1.03. The van der Waals surface area contributed by atoms with Gasteiger partial charge in [-0.3, -0.25) is 4.68 Å². The van der Waals surface area contributed by atoms with E-state index < -0.39 is 12.8 Å². The molecule has 0 aliphatic heterocycles. The molecule has 7 heteroatoms. The summed E-state index contributed by atoms with van der Waals surface area (Å²) in [6.07, 6.45) is -2.76. The summed E-state index contributed by atoms with van der Waals surface area (Å²) in [6.45, 7) is 2.25. The van der Waals surface area contributed by atoms with Gasteiger partial charge in [0.1, 0.15) is 12.3 Å². The molecule has 0 spiro atoms. The van der Waals surface area contributed by atoms with E-state index in [1.54, 1.807) is 10.9 Å². The molecule has 92 valence electrons. The third-order valence-electron chi connectivity index (χ3n) is 1.79. The molecule has 16 heavy (non-hydrogen) atoms. The van der Waals surface area contributed by atoms with Crippen molar-refractivity contribution in [2.45, 2.75) is 32.7 Å². The van der Waals surface area contributed by atoms with Crippen LogP contribution in [0.1, 0.15) is 25.6 Å². The Morgan fingerprint density at radius 1 is 1.50 bits per heavy atom. The average Bonchev–Trinajstić information content (AvgIpc) is 2.46. The molecular weight excluding hydrogens is 245 g/mol. The van der Waals surface area contributed by atoms with Gasteiger partial charge in [0.15, 0.2) is 0 Å². The van der Waals surface area contributed by atoms with E-state index in [2.05, 4.69) is 9.84 Å². The first-order chi connectivity index (χ1) is 7.29. The summed E-state index contributed by atoms with van der Waals surface area (Å²) in [7, 11) is 0. The predicted octanol–water partition coefficient (Wildman–Crippen LogP) is 3.20. The molecule has 0 saturated heterocycles. The zero-order valence-electron chi connectivity index (χ0n) is 8.88. The number of alkyl halides is 3. The molecule has 1 aromatic heterocycles. The second-order valence-electron chi connectivity index (χ2n) is 3.61. The SMILES string of the molecule is CC(C)n1cc(Cl)c(COCC(F)(F)F)n1. The van der Waals surface area contributed by atoms with Gasteiger partial charge in [-0.1, -0.05) is 11.6 Å². The first-order valence-corrected chi connectivity index (χ1v) is 5.05. The van der Waals surface area contributed by atoms with Crippen molar-refractivity contribution in [3.05, 3.63) is 16.9 Å². The molecule has 0 unspecified atom stereocenters. The Bertz CT molecular complexity index is 349. The molecule has 0 radical (unpaired) electrons. The normalized spacial score (nSPS) is 12.4. The quantitative estimate of drug-likeness (QED) is 0.827.